The first kappa shape index (κ1) is 15.1. The van der Waals surface area contributed by atoms with E-state index in [1.54, 1.807) is 0 Å². The Hall–Kier alpha value is -1.81. The van der Waals surface area contributed by atoms with Gasteiger partial charge in [0.2, 0.25) is 0 Å². The monoisotopic (exact) mass is 300 g/mol. The molecular formula is C18H24N2O2. The van der Waals surface area contributed by atoms with E-state index in [0.717, 1.165) is 47.8 Å². The Morgan fingerprint density at radius 3 is 2.68 bits per heavy atom. The van der Waals surface area contributed by atoms with Crippen LogP contribution in [0.1, 0.15) is 47.3 Å². The number of fused-ring (bicyclic) bond motifs is 1. The van der Waals surface area contributed by atoms with Gasteiger partial charge in [-0.05, 0) is 69.2 Å². The van der Waals surface area contributed by atoms with Crippen LogP contribution >= 0.6 is 0 Å². The van der Waals surface area contributed by atoms with Gasteiger partial charge in [-0.15, -0.1) is 0 Å². The lowest BCUT2D eigenvalue weighted by Crippen LogP contribution is -2.38. The largest absolute Gasteiger partial charge is 0.396 e. The summed E-state index contributed by atoms with van der Waals surface area (Å²) < 4.78 is 0. The number of aromatic amines is 1. The Kier molecular flexibility index (Phi) is 4.21. The number of hydrogen-bond donors (Lipinski definition) is 3. The molecule has 22 heavy (non-hydrogen) atoms. The molecule has 0 aliphatic heterocycles. The van der Waals surface area contributed by atoms with Crippen molar-refractivity contribution >= 4 is 16.8 Å². The molecule has 1 aliphatic carbocycles. The van der Waals surface area contributed by atoms with Gasteiger partial charge in [0.15, 0.2) is 0 Å². The first-order valence-corrected chi connectivity index (χ1v) is 8.09. The molecule has 0 atom stereocenters. The van der Waals surface area contributed by atoms with Gasteiger partial charge >= 0.3 is 0 Å². The van der Waals surface area contributed by atoms with Gasteiger partial charge in [0.1, 0.15) is 0 Å². The van der Waals surface area contributed by atoms with Crippen molar-refractivity contribution in [1.82, 2.24) is 10.3 Å². The first-order valence-electron chi connectivity index (χ1n) is 8.09. The highest BCUT2D eigenvalue weighted by atomic mass is 16.3. The minimum Gasteiger partial charge on any atom is -0.396 e. The normalized spacial score (nSPS) is 22.0. The zero-order valence-electron chi connectivity index (χ0n) is 13.3. The van der Waals surface area contributed by atoms with E-state index in [-0.39, 0.29) is 18.6 Å². The van der Waals surface area contributed by atoms with Crippen LogP contribution in [0.5, 0.6) is 0 Å². The first-order chi connectivity index (χ1) is 10.6. The Balaban J connectivity index is 1.71. The third-order valence-corrected chi connectivity index (χ3v) is 5.01. The smallest absolute Gasteiger partial charge is 0.251 e. The fourth-order valence-electron chi connectivity index (χ4n) is 3.36. The number of aliphatic hydroxyl groups excluding tert-OH is 1. The number of carbonyl (C=O) groups is 1. The van der Waals surface area contributed by atoms with Crippen molar-refractivity contribution < 1.29 is 9.90 Å². The van der Waals surface area contributed by atoms with E-state index in [0.29, 0.717) is 5.92 Å². The van der Waals surface area contributed by atoms with Crippen molar-refractivity contribution in [3.8, 4) is 0 Å². The molecule has 0 unspecified atom stereocenters. The van der Waals surface area contributed by atoms with Gasteiger partial charge in [0.25, 0.3) is 5.91 Å². The molecule has 0 saturated heterocycles. The van der Waals surface area contributed by atoms with Crippen LogP contribution in [-0.4, -0.2) is 28.6 Å². The maximum atomic E-state index is 12.5. The molecule has 0 radical (unpaired) electrons. The SMILES string of the molecule is Cc1[nH]c2ccc(C(=O)NC3CCC(CO)CC3)cc2c1C. The third kappa shape index (κ3) is 2.88. The summed E-state index contributed by atoms with van der Waals surface area (Å²) in [6, 6.07) is 6.07. The summed E-state index contributed by atoms with van der Waals surface area (Å²) in [5.41, 5.74) is 4.15. The van der Waals surface area contributed by atoms with Crippen LogP contribution < -0.4 is 5.32 Å². The van der Waals surface area contributed by atoms with Crippen LogP contribution in [0.2, 0.25) is 0 Å². The number of aliphatic hydroxyl groups is 1. The molecule has 1 aromatic heterocycles. The fraction of sp³-hybridized carbons (Fsp3) is 0.500. The van der Waals surface area contributed by atoms with Gasteiger partial charge in [0, 0.05) is 34.8 Å². The van der Waals surface area contributed by atoms with Gasteiger partial charge in [0.05, 0.1) is 0 Å². The summed E-state index contributed by atoms with van der Waals surface area (Å²) >= 11 is 0. The van der Waals surface area contributed by atoms with Gasteiger partial charge in [-0.1, -0.05) is 0 Å². The van der Waals surface area contributed by atoms with Crippen molar-refractivity contribution in [3.05, 3.63) is 35.0 Å². The summed E-state index contributed by atoms with van der Waals surface area (Å²) in [6.07, 6.45) is 3.91. The molecule has 0 bridgehead atoms. The zero-order chi connectivity index (χ0) is 15.7. The Bertz CT molecular complexity index is 682. The molecule has 2 aromatic rings. The lowest BCUT2D eigenvalue weighted by atomic mass is 9.86. The summed E-state index contributed by atoms with van der Waals surface area (Å²) in [5, 5.41) is 13.4. The second-order valence-electron chi connectivity index (χ2n) is 6.51. The molecule has 1 fully saturated rings. The average molecular weight is 300 g/mol. The number of aromatic nitrogens is 1. The molecule has 1 heterocycles. The lowest BCUT2D eigenvalue weighted by Gasteiger charge is -2.28. The zero-order valence-corrected chi connectivity index (χ0v) is 13.3. The fourth-order valence-corrected chi connectivity index (χ4v) is 3.36. The Morgan fingerprint density at radius 1 is 1.27 bits per heavy atom. The number of benzene rings is 1. The Labute approximate surface area is 130 Å². The molecule has 0 spiro atoms. The Morgan fingerprint density at radius 2 is 2.00 bits per heavy atom. The maximum absolute atomic E-state index is 12.5. The molecule has 4 heteroatoms. The summed E-state index contributed by atoms with van der Waals surface area (Å²) in [6.45, 7) is 4.39. The topological polar surface area (TPSA) is 65.1 Å². The number of rotatable bonds is 3. The van der Waals surface area contributed by atoms with E-state index in [2.05, 4.69) is 24.1 Å². The predicted molar refractivity (Wildman–Crippen MR) is 88.1 cm³/mol. The number of amides is 1. The van der Waals surface area contributed by atoms with Crippen LogP contribution in [-0.2, 0) is 0 Å². The summed E-state index contributed by atoms with van der Waals surface area (Å²) in [7, 11) is 0. The van der Waals surface area contributed by atoms with E-state index in [9.17, 15) is 9.90 Å². The van der Waals surface area contributed by atoms with E-state index in [4.69, 9.17) is 0 Å². The maximum Gasteiger partial charge on any atom is 0.251 e. The molecule has 1 amide bonds. The number of H-pyrrole nitrogens is 1. The van der Waals surface area contributed by atoms with Crippen molar-refractivity contribution in [3.63, 3.8) is 0 Å². The lowest BCUT2D eigenvalue weighted by molar-refractivity contribution is 0.0914. The van der Waals surface area contributed by atoms with Crippen LogP contribution in [0.3, 0.4) is 0 Å². The van der Waals surface area contributed by atoms with Gasteiger partial charge in [-0.3, -0.25) is 4.79 Å². The molecular weight excluding hydrogens is 276 g/mol. The number of nitrogens with one attached hydrogen (secondary N) is 2. The van der Waals surface area contributed by atoms with Crippen molar-refractivity contribution in [2.75, 3.05) is 6.61 Å². The minimum atomic E-state index is 0.00704. The van der Waals surface area contributed by atoms with Crippen molar-refractivity contribution in [2.24, 2.45) is 5.92 Å². The van der Waals surface area contributed by atoms with Gasteiger partial charge in [-0.25, -0.2) is 0 Å². The summed E-state index contributed by atoms with van der Waals surface area (Å²) in [4.78, 5) is 15.8. The van der Waals surface area contributed by atoms with Crippen molar-refractivity contribution in [2.45, 2.75) is 45.6 Å². The van der Waals surface area contributed by atoms with Gasteiger partial charge < -0.3 is 15.4 Å². The number of hydrogen-bond acceptors (Lipinski definition) is 2. The molecule has 3 N–H and O–H groups in total. The van der Waals surface area contributed by atoms with Crippen LogP contribution in [0, 0.1) is 19.8 Å². The highest BCUT2D eigenvalue weighted by Gasteiger charge is 2.22. The molecule has 1 saturated carbocycles. The highest BCUT2D eigenvalue weighted by molar-refractivity contribution is 5.99. The van der Waals surface area contributed by atoms with Crippen LogP contribution in [0.4, 0.5) is 0 Å². The number of aryl methyl sites for hydroxylation is 2. The molecule has 118 valence electrons. The minimum absolute atomic E-state index is 0.00704. The van der Waals surface area contributed by atoms with E-state index >= 15 is 0 Å². The van der Waals surface area contributed by atoms with E-state index in [1.165, 1.54) is 5.56 Å². The highest BCUT2D eigenvalue weighted by Crippen LogP contribution is 2.25. The number of carbonyl (C=O) groups excluding carboxylic acids is 1. The molecule has 1 aliphatic rings. The quantitative estimate of drug-likeness (QED) is 0.815. The second kappa shape index (κ2) is 6.13. The molecule has 3 rings (SSSR count). The average Bonchev–Trinajstić information content (AvgIpc) is 2.82. The van der Waals surface area contributed by atoms with Crippen molar-refractivity contribution in [1.29, 1.82) is 0 Å². The van der Waals surface area contributed by atoms with E-state index in [1.807, 2.05) is 18.2 Å². The predicted octanol–water partition coefficient (Wildman–Crippen LogP) is 3.07. The van der Waals surface area contributed by atoms with Crippen LogP contribution in [0.15, 0.2) is 18.2 Å². The standard InChI is InChI=1S/C18H24N2O2/c1-11-12(2)19-17-8-5-14(9-16(11)17)18(22)20-15-6-3-13(10-21)4-7-15/h5,8-9,13,15,19,21H,3-4,6-7,10H2,1-2H3,(H,20,22). The summed E-state index contributed by atoms with van der Waals surface area (Å²) in [5.74, 6) is 0.419. The van der Waals surface area contributed by atoms with Gasteiger partial charge in [-0.2, -0.15) is 0 Å². The van der Waals surface area contributed by atoms with E-state index < -0.39 is 0 Å². The molecule has 1 aromatic carbocycles. The third-order valence-electron chi connectivity index (χ3n) is 5.01. The second-order valence-corrected chi connectivity index (χ2v) is 6.51. The molecule has 4 nitrogen and oxygen atoms in total. The van der Waals surface area contributed by atoms with Crippen LogP contribution in [0.25, 0.3) is 10.9 Å².